The molecule has 1 unspecified atom stereocenters. The van der Waals surface area contributed by atoms with Gasteiger partial charge in [-0.1, -0.05) is 6.42 Å². The van der Waals surface area contributed by atoms with Crippen molar-refractivity contribution in [3.05, 3.63) is 0 Å². The molecular formula is C13H25N3O5S. The molecule has 0 radical (unpaired) electrons. The van der Waals surface area contributed by atoms with Crippen molar-refractivity contribution in [2.45, 2.75) is 64.8 Å². The molecule has 0 spiro atoms. The Morgan fingerprint density at radius 2 is 2.05 bits per heavy atom. The number of alkyl carbamates (subject to hydrolysis) is 1. The second kappa shape index (κ2) is 8.00. The summed E-state index contributed by atoms with van der Waals surface area (Å²) in [5, 5.41) is 11.3. The van der Waals surface area contributed by atoms with Gasteiger partial charge in [0.05, 0.1) is 0 Å². The van der Waals surface area contributed by atoms with E-state index in [9.17, 15) is 9.59 Å². The Morgan fingerprint density at radius 3 is 2.64 bits per heavy atom. The minimum Gasteiger partial charge on any atom is -0.481 e. The molecule has 0 aromatic rings. The number of carbonyl (C=O) groups is 2. The highest BCUT2D eigenvalue weighted by molar-refractivity contribution is 7.92. The minimum atomic E-state index is -0.875. The first-order valence-corrected chi connectivity index (χ1v) is 7.94. The number of ether oxygens (including phenoxy) is 1. The number of hydrogen-bond donors (Lipinski definition) is 3. The summed E-state index contributed by atoms with van der Waals surface area (Å²) < 4.78 is 12.2. The van der Waals surface area contributed by atoms with Crippen LogP contribution in [-0.2, 0) is 13.8 Å². The van der Waals surface area contributed by atoms with Crippen molar-refractivity contribution in [2.24, 2.45) is 0 Å². The Balaban J connectivity index is 2.40. The highest BCUT2D eigenvalue weighted by Crippen LogP contribution is 2.28. The summed E-state index contributed by atoms with van der Waals surface area (Å²) in [6.07, 6.45) is 1.88. The van der Waals surface area contributed by atoms with Gasteiger partial charge in [0.25, 0.3) is 0 Å². The van der Waals surface area contributed by atoms with Crippen LogP contribution >= 0.6 is 12.2 Å². The number of nitrogens with zero attached hydrogens (tertiary/aromatic N) is 1. The maximum Gasteiger partial charge on any atom is 0.410 e. The maximum absolute atomic E-state index is 11.9. The van der Waals surface area contributed by atoms with Crippen LogP contribution in [0.3, 0.4) is 0 Å². The fourth-order valence-electron chi connectivity index (χ4n) is 1.83. The number of aliphatic carboxylic acids is 1. The van der Waals surface area contributed by atoms with Crippen LogP contribution in [0.1, 0.15) is 53.4 Å². The lowest BCUT2D eigenvalue weighted by atomic mass is 10.2. The van der Waals surface area contributed by atoms with Crippen molar-refractivity contribution in [2.75, 3.05) is 6.54 Å². The van der Waals surface area contributed by atoms with Gasteiger partial charge < -0.3 is 9.84 Å². The molecule has 9 heteroatoms. The topological polar surface area (TPSA) is 100 Å². The Hall–Kier alpha value is -1.03. The summed E-state index contributed by atoms with van der Waals surface area (Å²) in [5.41, 5.74) is 2.17. The van der Waals surface area contributed by atoms with E-state index in [1.54, 1.807) is 27.7 Å². The van der Waals surface area contributed by atoms with E-state index in [1.807, 2.05) is 4.31 Å². The van der Waals surface area contributed by atoms with Crippen LogP contribution < -0.4 is 10.8 Å². The number of nitrogens with one attached hydrogen (secondary N) is 2. The highest BCUT2D eigenvalue weighted by Gasteiger charge is 2.41. The lowest BCUT2D eigenvalue weighted by Gasteiger charge is -2.32. The molecule has 0 aromatic heterocycles. The first-order chi connectivity index (χ1) is 10.1. The van der Waals surface area contributed by atoms with Crippen molar-refractivity contribution in [3.8, 4) is 0 Å². The number of carboxylic acids is 1. The third-order valence-electron chi connectivity index (χ3n) is 2.86. The number of hydrogen-bond acceptors (Lipinski definition) is 7. The van der Waals surface area contributed by atoms with Crippen LogP contribution in [0.15, 0.2) is 0 Å². The van der Waals surface area contributed by atoms with Crippen molar-refractivity contribution in [1.82, 2.24) is 15.1 Å². The normalized spacial score (nSPS) is 22.5. The zero-order chi connectivity index (χ0) is 16.8. The standard InChI is InChI=1S/C13H25N3O5S/c1-12(2,3)20-11(19)14-13(4)15-21-22-16(13)9-7-5-6-8-10(17)18/h15H,5-9H2,1-4H3,(H,14,19)(H,17,18). The van der Waals surface area contributed by atoms with Crippen molar-refractivity contribution in [3.63, 3.8) is 0 Å². The summed E-state index contributed by atoms with van der Waals surface area (Å²) in [4.78, 5) is 22.3. The molecule has 1 saturated heterocycles. The average Bonchev–Trinajstić information content (AvgIpc) is 2.66. The Kier molecular flexibility index (Phi) is 6.92. The minimum absolute atomic E-state index is 0.176. The molecule has 0 bridgehead atoms. The molecule has 1 atom stereocenters. The summed E-state index contributed by atoms with van der Waals surface area (Å²) in [7, 11) is 0. The number of carbonyl (C=O) groups excluding carboxylic acids is 1. The molecular weight excluding hydrogens is 310 g/mol. The van der Waals surface area contributed by atoms with Gasteiger partial charge in [0.15, 0.2) is 5.79 Å². The Morgan fingerprint density at radius 1 is 1.36 bits per heavy atom. The molecule has 1 heterocycles. The van der Waals surface area contributed by atoms with Gasteiger partial charge in [0, 0.05) is 13.0 Å². The van der Waals surface area contributed by atoms with E-state index in [2.05, 4.69) is 10.8 Å². The predicted molar refractivity (Wildman–Crippen MR) is 82.4 cm³/mol. The third kappa shape index (κ3) is 6.82. The van der Waals surface area contributed by atoms with E-state index in [1.165, 1.54) is 0 Å². The molecule has 8 nitrogen and oxygen atoms in total. The van der Waals surface area contributed by atoms with Crippen molar-refractivity contribution < 1.29 is 23.7 Å². The summed E-state index contributed by atoms with van der Waals surface area (Å²) in [6.45, 7) is 7.80. The number of hydroxylamine groups is 1. The number of carboxylic acid groups (broad SMARTS) is 1. The van der Waals surface area contributed by atoms with E-state index in [4.69, 9.17) is 14.1 Å². The highest BCUT2D eigenvalue weighted by atomic mass is 32.2. The molecule has 22 heavy (non-hydrogen) atoms. The van der Waals surface area contributed by atoms with Gasteiger partial charge in [-0.2, -0.15) is 4.31 Å². The number of amides is 1. The molecule has 1 aliphatic heterocycles. The fourth-order valence-corrected chi connectivity index (χ4v) is 2.55. The monoisotopic (exact) mass is 335 g/mol. The van der Waals surface area contributed by atoms with E-state index >= 15 is 0 Å². The van der Waals surface area contributed by atoms with E-state index < -0.39 is 23.5 Å². The zero-order valence-electron chi connectivity index (χ0n) is 13.5. The number of rotatable bonds is 7. The maximum atomic E-state index is 11.9. The SMILES string of the molecule is CC(C)(C)OC(=O)NC1(C)NOSN1CCCCCC(=O)O. The van der Waals surface area contributed by atoms with Crippen LogP contribution in [-0.4, -0.2) is 39.4 Å². The van der Waals surface area contributed by atoms with Crippen molar-refractivity contribution >= 4 is 24.3 Å². The fraction of sp³-hybridized carbons (Fsp3) is 0.846. The Labute approximate surface area is 135 Å². The van der Waals surface area contributed by atoms with Crippen LogP contribution in [0, 0.1) is 0 Å². The van der Waals surface area contributed by atoms with Gasteiger partial charge >= 0.3 is 12.1 Å². The van der Waals surface area contributed by atoms with Crippen LogP contribution in [0.25, 0.3) is 0 Å². The predicted octanol–water partition coefficient (Wildman–Crippen LogP) is 2.23. The second-order valence-electron chi connectivity index (χ2n) is 6.27. The first kappa shape index (κ1) is 19.0. The molecule has 0 saturated carbocycles. The summed E-state index contributed by atoms with van der Waals surface area (Å²) >= 11 is 1.11. The van der Waals surface area contributed by atoms with Crippen LogP contribution in [0.5, 0.6) is 0 Å². The molecule has 1 fully saturated rings. The molecule has 1 amide bonds. The third-order valence-corrected chi connectivity index (χ3v) is 3.75. The molecule has 1 aliphatic rings. The largest absolute Gasteiger partial charge is 0.481 e. The van der Waals surface area contributed by atoms with Gasteiger partial charge in [0.1, 0.15) is 17.8 Å². The van der Waals surface area contributed by atoms with Crippen LogP contribution in [0.2, 0.25) is 0 Å². The van der Waals surface area contributed by atoms with Gasteiger partial charge in [-0.3, -0.25) is 10.1 Å². The molecule has 3 N–H and O–H groups in total. The molecule has 1 rings (SSSR count). The number of unbranched alkanes of at least 4 members (excludes halogenated alkanes) is 2. The quantitative estimate of drug-likeness (QED) is 0.370. The van der Waals surface area contributed by atoms with Gasteiger partial charge in [-0.15, -0.1) is 5.48 Å². The van der Waals surface area contributed by atoms with Gasteiger partial charge in [-0.05, 0) is 40.5 Å². The molecule has 0 aromatic carbocycles. The summed E-state index contributed by atoms with van der Waals surface area (Å²) in [5.74, 6) is -1.66. The second-order valence-corrected chi connectivity index (χ2v) is 7.02. The van der Waals surface area contributed by atoms with Gasteiger partial charge in [0.2, 0.25) is 0 Å². The smallest absolute Gasteiger partial charge is 0.410 e. The van der Waals surface area contributed by atoms with Crippen molar-refractivity contribution in [1.29, 1.82) is 0 Å². The lowest BCUT2D eigenvalue weighted by Crippen LogP contribution is -2.61. The summed E-state index contributed by atoms with van der Waals surface area (Å²) in [6, 6.07) is 0. The average molecular weight is 335 g/mol. The lowest BCUT2D eigenvalue weighted by molar-refractivity contribution is -0.137. The molecule has 128 valence electrons. The van der Waals surface area contributed by atoms with E-state index in [0.29, 0.717) is 13.0 Å². The van der Waals surface area contributed by atoms with Crippen LogP contribution in [0.4, 0.5) is 4.79 Å². The van der Waals surface area contributed by atoms with Gasteiger partial charge in [-0.25, -0.2) is 9.08 Å². The van der Waals surface area contributed by atoms with E-state index in [-0.39, 0.29) is 6.42 Å². The zero-order valence-corrected chi connectivity index (χ0v) is 14.3. The first-order valence-electron chi connectivity index (χ1n) is 7.24. The van der Waals surface area contributed by atoms with E-state index in [0.717, 1.165) is 25.1 Å². The Bertz CT molecular complexity index is 402. The molecule has 0 aliphatic carbocycles.